The summed E-state index contributed by atoms with van der Waals surface area (Å²) in [5.74, 6) is -1.17. The van der Waals surface area contributed by atoms with Crippen LogP contribution >= 0.6 is 0 Å². The van der Waals surface area contributed by atoms with Gasteiger partial charge in [-0.25, -0.2) is 4.79 Å². The number of carbonyl (C=O) groups is 1. The Morgan fingerprint density at radius 3 is 2.35 bits per heavy atom. The SMILES string of the molecule is COC(=O)[C@@H]1C[C@@H]([C@H]2O[C@@H]3OC(C)(C)O[C@@H]3[C@H]2OCc2ccccc2)N(Cc2ccccc2)O1. The molecule has 8 nitrogen and oxygen atoms in total. The normalized spacial score (nSPS) is 32.6. The molecule has 0 aromatic heterocycles. The van der Waals surface area contributed by atoms with Gasteiger partial charge in [-0.15, -0.1) is 0 Å². The number of carbonyl (C=O) groups excluding carboxylic acids is 1. The van der Waals surface area contributed by atoms with Crippen molar-refractivity contribution < 1.29 is 33.3 Å². The zero-order chi connectivity index (χ0) is 23.7. The van der Waals surface area contributed by atoms with Gasteiger partial charge < -0.3 is 23.7 Å². The average molecular weight is 470 g/mol. The largest absolute Gasteiger partial charge is 0.467 e. The number of methoxy groups -OCH3 is 1. The van der Waals surface area contributed by atoms with E-state index in [0.29, 0.717) is 19.6 Å². The maximum Gasteiger partial charge on any atom is 0.337 e. The van der Waals surface area contributed by atoms with E-state index in [0.717, 1.165) is 11.1 Å². The van der Waals surface area contributed by atoms with Gasteiger partial charge in [0.2, 0.25) is 0 Å². The zero-order valence-electron chi connectivity index (χ0n) is 19.7. The van der Waals surface area contributed by atoms with Crippen molar-refractivity contribution >= 4 is 5.97 Å². The highest BCUT2D eigenvalue weighted by Gasteiger charge is 2.59. The van der Waals surface area contributed by atoms with Crippen molar-refractivity contribution in [3.63, 3.8) is 0 Å². The van der Waals surface area contributed by atoms with Gasteiger partial charge in [0.15, 0.2) is 18.2 Å². The van der Waals surface area contributed by atoms with Gasteiger partial charge >= 0.3 is 5.97 Å². The third kappa shape index (κ3) is 4.88. The number of hydrogen-bond donors (Lipinski definition) is 0. The van der Waals surface area contributed by atoms with Crippen LogP contribution in [0.15, 0.2) is 60.7 Å². The summed E-state index contributed by atoms with van der Waals surface area (Å²) in [7, 11) is 1.37. The number of rotatable bonds is 7. The average Bonchev–Trinajstić information content (AvgIpc) is 3.48. The van der Waals surface area contributed by atoms with Crippen LogP contribution in [0.25, 0.3) is 0 Å². The van der Waals surface area contributed by atoms with E-state index in [9.17, 15) is 4.79 Å². The Balaban J connectivity index is 1.39. The van der Waals surface area contributed by atoms with Gasteiger partial charge in [0, 0.05) is 13.0 Å². The van der Waals surface area contributed by atoms with Gasteiger partial charge in [-0.05, 0) is 25.0 Å². The molecule has 34 heavy (non-hydrogen) atoms. The van der Waals surface area contributed by atoms with E-state index >= 15 is 0 Å². The van der Waals surface area contributed by atoms with Gasteiger partial charge in [0.05, 0.1) is 19.8 Å². The lowest BCUT2D eigenvalue weighted by Crippen LogP contribution is -2.47. The van der Waals surface area contributed by atoms with E-state index in [4.69, 9.17) is 28.5 Å². The predicted molar refractivity (Wildman–Crippen MR) is 121 cm³/mol. The molecule has 3 saturated heterocycles. The minimum atomic E-state index is -0.765. The molecular weight excluding hydrogens is 438 g/mol. The van der Waals surface area contributed by atoms with E-state index in [1.807, 2.05) is 79.6 Å². The lowest BCUT2D eigenvalue weighted by molar-refractivity contribution is -0.242. The number of nitrogens with zero attached hydrogens (tertiary/aromatic N) is 1. The number of fused-ring (bicyclic) bond motifs is 1. The van der Waals surface area contributed by atoms with Crippen LogP contribution < -0.4 is 0 Å². The molecule has 0 radical (unpaired) electrons. The first-order valence-corrected chi connectivity index (χ1v) is 11.7. The standard InChI is InChI=1S/C26H31NO7/c1-26(2)32-23-22(30-16-18-12-8-5-9-13-18)21(31-25(23)33-26)19-14-20(24(28)29-3)34-27(19)15-17-10-6-4-7-11-17/h4-13,19-23,25H,14-16H2,1-3H3/t19-,20-,21+,22-,23+,25+/m0/s1. The number of hydroxylamine groups is 2. The van der Waals surface area contributed by atoms with Crippen molar-refractivity contribution in [1.29, 1.82) is 0 Å². The zero-order valence-corrected chi connectivity index (χ0v) is 19.7. The number of hydrogen-bond acceptors (Lipinski definition) is 8. The second kappa shape index (κ2) is 9.73. The number of esters is 1. The minimum absolute atomic E-state index is 0.258. The number of ether oxygens (including phenoxy) is 5. The molecule has 0 N–H and O–H groups in total. The van der Waals surface area contributed by atoms with Crippen molar-refractivity contribution in [2.75, 3.05) is 7.11 Å². The van der Waals surface area contributed by atoms with Crippen LogP contribution in [0, 0.1) is 0 Å². The first-order chi connectivity index (χ1) is 16.4. The molecule has 0 bridgehead atoms. The van der Waals surface area contributed by atoms with Gasteiger partial charge in [-0.2, -0.15) is 5.06 Å². The van der Waals surface area contributed by atoms with E-state index in [2.05, 4.69) is 0 Å². The third-order valence-corrected chi connectivity index (χ3v) is 6.42. The lowest BCUT2D eigenvalue weighted by atomic mass is 9.98. The van der Waals surface area contributed by atoms with Gasteiger partial charge in [-0.1, -0.05) is 60.7 Å². The Morgan fingerprint density at radius 2 is 1.68 bits per heavy atom. The van der Waals surface area contributed by atoms with Crippen LogP contribution in [-0.4, -0.2) is 60.7 Å². The van der Waals surface area contributed by atoms with Crippen molar-refractivity contribution in [1.82, 2.24) is 5.06 Å². The molecule has 3 heterocycles. The molecule has 0 saturated carbocycles. The predicted octanol–water partition coefficient (Wildman–Crippen LogP) is 3.20. The molecule has 0 aliphatic carbocycles. The maximum atomic E-state index is 12.4. The molecule has 0 unspecified atom stereocenters. The molecule has 3 fully saturated rings. The molecule has 8 heteroatoms. The summed E-state index contributed by atoms with van der Waals surface area (Å²) in [5.41, 5.74) is 2.12. The van der Waals surface area contributed by atoms with Crippen LogP contribution in [0.5, 0.6) is 0 Å². The van der Waals surface area contributed by atoms with Crippen molar-refractivity contribution in [2.24, 2.45) is 0 Å². The Bertz CT molecular complexity index is 970. The quantitative estimate of drug-likeness (QED) is 0.573. The highest BCUT2D eigenvalue weighted by Crippen LogP contribution is 2.43. The lowest BCUT2D eigenvalue weighted by Gasteiger charge is -2.32. The Hall–Kier alpha value is -2.33. The maximum absolute atomic E-state index is 12.4. The second-order valence-electron chi connectivity index (χ2n) is 9.31. The molecule has 3 aliphatic rings. The molecule has 0 spiro atoms. The van der Waals surface area contributed by atoms with Crippen LogP contribution in [0.2, 0.25) is 0 Å². The molecule has 182 valence electrons. The molecule has 0 amide bonds. The monoisotopic (exact) mass is 469 g/mol. The summed E-state index contributed by atoms with van der Waals surface area (Å²) in [6.07, 6.45) is -2.08. The molecule has 2 aromatic carbocycles. The minimum Gasteiger partial charge on any atom is -0.467 e. The van der Waals surface area contributed by atoms with E-state index in [-0.39, 0.29) is 12.1 Å². The van der Waals surface area contributed by atoms with Crippen LogP contribution in [0.1, 0.15) is 31.4 Å². The van der Waals surface area contributed by atoms with E-state index in [1.54, 1.807) is 0 Å². The van der Waals surface area contributed by atoms with Crippen LogP contribution in [-0.2, 0) is 46.5 Å². The molecule has 6 atom stereocenters. The Labute approximate surface area is 199 Å². The summed E-state index contributed by atoms with van der Waals surface area (Å²) in [6, 6.07) is 19.7. The number of benzene rings is 2. The first-order valence-electron chi connectivity index (χ1n) is 11.7. The van der Waals surface area contributed by atoms with E-state index < -0.39 is 36.4 Å². The summed E-state index contributed by atoms with van der Waals surface area (Å²) in [5, 5.41) is 1.81. The van der Waals surface area contributed by atoms with Crippen molar-refractivity contribution in [3.05, 3.63) is 71.8 Å². The highest BCUT2D eigenvalue weighted by molar-refractivity contribution is 5.74. The van der Waals surface area contributed by atoms with Crippen molar-refractivity contribution in [3.8, 4) is 0 Å². The second-order valence-corrected chi connectivity index (χ2v) is 9.31. The van der Waals surface area contributed by atoms with Crippen molar-refractivity contribution in [2.45, 2.75) is 76.0 Å². The van der Waals surface area contributed by atoms with E-state index in [1.165, 1.54) is 7.11 Å². The summed E-state index contributed by atoms with van der Waals surface area (Å²) in [6.45, 7) is 4.63. The molecule has 5 rings (SSSR count). The fourth-order valence-corrected chi connectivity index (χ4v) is 4.88. The summed E-state index contributed by atoms with van der Waals surface area (Å²) >= 11 is 0. The van der Waals surface area contributed by atoms with Gasteiger partial charge in [0.25, 0.3) is 0 Å². The smallest absolute Gasteiger partial charge is 0.337 e. The van der Waals surface area contributed by atoms with Crippen LogP contribution in [0.4, 0.5) is 0 Å². The van der Waals surface area contributed by atoms with Gasteiger partial charge in [0.1, 0.15) is 18.3 Å². The molecule has 2 aromatic rings. The summed E-state index contributed by atoms with van der Waals surface area (Å²) in [4.78, 5) is 18.4. The molecule has 3 aliphatic heterocycles. The van der Waals surface area contributed by atoms with Crippen LogP contribution in [0.3, 0.4) is 0 Å². The Kier molecular flexibility index (Phi) is 6.70. The van der Waals surface area contributed by atoms with Gasteiger partial charge in [-0.3, -0.25) is 4.84 Å². The fraction of sp³-hybridized carbons (Fsp3) is 0.500. The highest BCUT2D eigenvalue weighted by atomic mass is 16.8. The summed E-state index contributed by atoms with van der Waals surface area (Å²) < 4.78 is 30.0. The molecular formula is C26H31NO7. The first kappa shape index (κ1) is 23.4. The topological polar surface area (TPSA) is 75.7 Å². The third-order valence-electron chi connectivity index (χ3n) is 6.42. The Morgan fingerprint density at radius 1 is 1.00 bits per heavy atom. The fourth-order valence-electron chi connectivity index (χ4n) is 4.88.